The zero-order valence-corrected chi connectivity index (χ0v) is 18.0. The quantitative estimate of drug-likeness (QED) is 0.799. The van der Waals surface area contributed by atoms with Crippen LogP contribution in [0.4, 0.5) is 0 Å². The molecule has 4 rings (SSSR count). The maximum atomic E-state index is 12.8. The van der Waals surface area contributed by atoms with Crippen LogP contribution in [0.15, 0.2) is 48.5 Å². The normalized spacial score (nSPS) is 19.0. The number of rotatable bonds is 6. The minimum atomic E-state index is 0.0520. The van der Waals surface area contributed by atoms with E-state index >= 15 is 0 Å². The highest BCUT2D eigenvalue weighted by Gasteiger charge is 2.22. The van der Waals surface area contributed by atoms with Gasteiger partial charge >= 0.3 is 0 Å². The van der Waals surface area contributed by atoms with Crippen LogP contribution in [0.3, 0.4) is 0 Å². The number of carbonyl (C=O) groups excluding carboxylic acids is 1. The van der Waals surface area contributed by atoms with Gasteiger partial charge in [0.2, 0.25) is 0 Å². The summed E-state index contributed by atoms with van der Waals surface area (Å²) in [4.78, 5) is 17.7. The highest BCUT2D eigenvalue weighted by molar-refractivity contribution is 5.94. The van der Waals surface area contributed by atoms with E-state index in [0.29, 0.717) is 0 Å². The minimum absolute atomic E-state index is 0.0520. The van der Waals surface area contributed by atoms with Crippen molar-refractivity contribution in [3.8, 4) is 0 Å². The van der Waals surface area contributed by atoms with E-state index in [1.54, 1.807) is 0 Å². The van der Waals surface area contributed by atoms with Gasteiger partial charge in [0.15, 0.2) is 0 Å². The van der Waals surface area contributed by atoms with E-state index in [9.17, 15) is 4.79 Å². The summed E-state index contributed by atoms with van der Waals surface area (Å²) in [6.45, 7) is 9.60. The number of benzene rings is 2. The number of hydrogen-bond acceptors (Lipinski definition) is 4. The fourth-order valence-electron chi connectivity index (χ4n) is 4.36. The second kappa shape index (κ2) is 10.2. The van der Waals surface area contributed by atoms with E-state index in [-0.39, 0.29) is 11.9 Å². The van der Waals surface area contributed by atoms with E-state index < -0.39 is 0 Å². The van der Waals surface area contributed by atoms with E-state index in [1.807, 2.05) is 18.2 Å². The first kappa shape index (κ1) is 21.0. The summed E-state index contributed by atoms with van der Waals surface area (Å²) in [5, 5.41) is 3.26. The van der Waals surface area contributed by atoms with Crippen molar-refractivity contribution in [2.24, 2.45) is 0 Å². The molecule has 2 aliphatic rings. The molecule has 0 atom stereocenters. The number of piperidine rings is 1. The Bertz CT molecular complexity index is 840. The summed E-state index contributed by atoms with van der Waals surface area (Å²) in [6, 6.07) is 16.9. The summed E-state index contributed by atoms with van der Waals surface area (Å²) in [6.07, 6.45) is 2.01. The summed E-state index contributed by atoms with van der Waals surface area (Å²) in [5.41, 5.74) is 4.71. The van der Waals surface area contributed by atoms with Crippen molar-refractivity contribution >= 4 is 5.91 Å². The molecule has 0 unspecified atom stereocenters. The van der Waals surface area contributed by atoms with Gasteiger partial charge in [0.1, 0.15) is 0 Å². The molecule has 0 spiro atoms. The Labute approximate surface area is 180 Å². The average molecular weight is 408 g/mol. The standard InChI is InChI=1S/C25H33N3O2/c1-20-5-2-3-7-23(20)19-27-11-9-24(10-12-27)26-25(29)22-8-4-6-21(17-22)18-28-13-15-30-16-14-28/h2-8,17,24H,9-16,18-19H2,1H3,(H,26,29). The number of amides is 1. The third-order valence-electron chi connectivity index (χ3n) is 6.28. The van der Waals surface area contributed by atoms with E-state index in [0.717, 1.165) is 70.9 Å². The summed E-state index contributed by atoms with van der Waals surface area (Å²) < 4.78 is 5.42. The van der Waals surface area contributed by atoms with Crippen LogP contribution in [0.25, 0.3) is 0 Å². The average Bonchev–Trinajstić information content (AvgIpc) is 2.77. The molecular weight excluding hydrogens is 374 g/mol. The molecule has 2 aliphatic heterocycles. The van der Waals surface area contributed by atoms with Crippen molar-refractivity contribution in [1.82, 2.24) is 15.1 Å². The zero-order valence-electron chi connectivity index (χ0n) is 18.0. The maximum absolute atomic E-state index is 12.8. The Hall–Kier alpha value is -2.21. The number of carbonyl (C=O) groups is 1. The number of nitrogens with one attached hydrogen (secondary N) is 1. The smallest absolute Gasteiger partial charge is 0.251 e. The molecule has 0 saturated carbocycles. The van der Waals surface area contributed by atoms with Gasteiger partial charge in [-0.15, -0.1) is 0 Å². The molecule has 2 saturated heterocycles. The second-order valence-electron chi connectivity index (χ2n) is 8.54. The lowest BCUT2D eigenvalue weighted by molar-refractivity contribution is 0.0342. The largest absolute Gasteiger partial charge is 0.379 e. The SMILES string of the molecule is Cc1ccccc1CN1CCC(NC(=O)c2cccc(CN3CCOCC3)c2)CC1. The van der Waals surface area contributed by atoms with Crippen LogP contribution >= 0.6 is 0 Å². The van der Waals surface area contributed by atoms with Gasteiger partial charge < -0.3 is 10.1 Å². The number of likely N-dealkylation sites (tertiary alicyclic amines) is 1. The number of morpholine rings is 1. The Morgan fingerprint density at radius 1 is 0.967 bits per heavy atom. The van der Waals surface area contributed by atoms with Crippen LogP contribution in [0.1, 0.15) is 39.9 Å². The van der Waals surface area contributed by atoms with Crippen molar-refractivity contribution in [2.75, 3.05) is 39.4 Å². The lowest BCUT2D eigenvalue weighted by atomic mass is 10.0. The summed E-state index contributed by atoms with van der Waals surface area (Å²) >= 11 is 0. The van der Waals surface area contributed by atoms with Gasteiger partial charge in [-0.25, -0.2) is 0 Å². The number of nitrogens with zero attached hydrogens (tertiary/aromatic N) is 2. The van der Waals surface area contributed by atoms with Crippen molar-refractivity contribution in [2.45, 2.75) is 38.9 Å². The van der Waals surface area contributed by atoms with Gasteiger partial charge in [-0.2, -0.15) is 0 Å². The molecule has 1 N–H and O–H groups in total. The molecule has 0 bridgehead atoms. The van der Waals surface area contributed by atoms with Crippen LogP contribution in [-0.2, 0) is 17.8 Å². The predicted molar refractivity (Wildman–Crippen MR) is 119 cm³/mol. The molecule has 5 nitrogen and oxygen atoms in total. The Morgan fingerprint density at radius 2 is 1.70 bits per heavy atom. The van der Waals surface area contributed by atoms with Gasteiger partial charge in [0, 0.05) is 50.9 Å². The third kappa shape index (κ3) is 5.69. The van der Waals surface area contributed by atoms with Crippen molar-refractivity contribution in [3.63, 3.8) is 0 Å². The molecule has 2 aromatic carbocycles. The molecule has 0 aliphatic carbocycles. The first-order valence-electron chi connectivity index (χ1n) is 11.1. The van der Waals surface area contributed by atoms with Crippen molar-refractivity contribution in [3.05, 3.63) is 70.8 Å². The van der Waals surface area contributed by atoms with Crippen LogP contribution in [-0.4, -0.2) is 61.1 Å². The molecule has 1 amide bonds. The first-order chi connectivity index (χ1) is 14.7. The molecule has 0 radical (unpaired) electrons. The fourth-order valence-corrected chi connectivity index (χ4v) is 4.36. The van der Waals surface area contributed by atoms with Gasteiger partial charge in [-0.3, -0.25) is 14.6 Å². The van der Waals surface area contributed by atoms with Gasteiger partial charge in [-0.05, 0) is 48.6 Å². The van der Waals surface area contributed by atoms with E-state index in [2.05, 4.69) is 52.4 Å². The third-order valence-corrected chi connectivity index (χ3v) is 6.28. The minimum Gasteiger partial charge on any atom is -0.379 e. The van der Waals surface area contributed by atoms with Gasteiger partial charge in [0.05, 0.1) is 13.2 Å². The molecule has 2 aromatic rings. The van der Waals surface area contributed by atoms with Crippen molar-refractivity contribution in [1.29, 1.82) is 0 Å². The number of hydrogen-bond donors (Lipinski definition) is 1. The van der Waals surface area contributed by atoms with Gasteiger partial charge in [-0.1, -0.05) is 36.4 Å². The number of aryl methyl sites for hydroxylation is 1. The zero-order chi connectivity index (χ0) is 20.8. The topological polar surface area (TPSA) is 44.8 Å². The van der Waals surface area contributed by atoms with Gasteiger partial charge in [0.25, 0.3) is 5.91 Å². The Morgan fingerprint density at radius 3 is 2.47 bits per heavy atom. The fraction of sp³-hybridized carbons (Fsp3) is 0.480. The van der Waals surface area contributed by atoms with Crippen molar-refractivity contribution < 1.29 is 9.53 Å². The molecular formula is C25H33N3O2. The van der Waals surface area contributed by atoms with Crippen LogP contribution in [0, 0.1) is 6.92 Å². The number of ether oxygens (including phenoxy) is 1. The van der Waals surface area contributed by atoms with Crippen LogP contribution in [0.2, 0.25) is 0 Å². The Kier molecular flexibility index (Phi) is 7.16. The molecule has 30 heavy (non-hydrogen) atoms. The molecule has 2 heterocycles. The highest BCUT2D eigenvalue weighted by atomic mass is 16.5. The maximum Gasteiger partial charge on any atom is 0.251 e. The highest BCUT2D eigenvalue weighted by Crippen LogP contribution is 2.17. The van der Waals surface area contributed by atoms with E-state index in [1.165, 1.54) is 16.7 Å². The predicted octanol–water partition coefficient (Wildman–Crippen LogP) is 3.22. The lowest BCUT2D eigenvalue weighted by Gasteiger charge is -2.32. The van der Waals surface area contributed by atoms with E-state index in [4.69, 9.17) is 4.74 Å². The molecule has 5 heteroatoms. The molecule has 160 valence electrons. The monoisotopic (exact) mass is 407 g/mol. The molecule has 2 fully saturated rings. The second-order valence-corrected chi connectivity index (χ2v) is 8.54. The van der Waals surface area contributed by atoms with Crippen LogP contribution in [0.5, 0.6) is 0 Å². The summed E-state index contributed by atoms with van der Waals surface area (Å²) in [5.74, 6) is 0.0520. The molecule has 0 aromatic heterocycles. The summed E-state index contributed by atoms with van der Waals surface area (Å²) in [7, 11) is 0. The Balaban J connectivity index is 1.26. The first-order valence-corrected chi connectivity index (χ1v) is 11.1. The lowest BCUT2D eigenvalue weighted by Crippen LogP contribution is -2.44. The van der Waals surface area contributed by atoms with Crippen LogP contribution < -0.4 is 5.32 Å².